The van der Waals surface area contributed by atoms with Crippen LogP contribution in [-0.2, 0) is 6.42 Å². The second-order valence-corrected chi connectivity index (χ2v) is 4.99. The smallest absolute Gasteiger partial charge is 0.127 e. The minimum Gasteiger partial charge on any atom is -0.324 e. The predicted octanol–water partition coefficient (Wildman–Crippen LogP) is 4.51. The summed E-state index contributed by atoms with van der Waals surface area (Å²) < 4.78 is 26.6. The molecule has 2 aromatic carbocycles. The highest BCUT2D eigenvalue weighted by Crippen LogP contribution is 2.28. The molecule has 0 aliphatic heterocycles. The van der Waals surface area contributed by atoms with Crippen LogP contribution in [0.4, 0.5) is 8.78 Å². The minimum atomic E-state index is -0.553. The standard InChI is InChI=1S/C14H11Cl2F2N/c15-11-2-1-3-13(18)10(11)7-14(19)9-5-4-8(17)6-12(9)16/h1-6,14H,7,19H2. The van der Waals surface area contributed by atoms with Gasteiger partial charge >= 0.3 is 0 Å². The third-order valence-electron chi connectivity index (χ3n) is 2.85. The van der Waals surface area contributed by atoms with E-state index in [9.17, 15) is 8.78 Å². The largest absolute Gasteiger partial charge is 0.324 e. The first-order valence-electron chi connectivity index (χ1n) is 5.62. The topological polar surface area (TPSA) is 26.0 Å². The Morgan fingerprint density at radius 1 is 1.05 bits per heavy atom. The Morgan fingerprint density at radius 2 is 1.79 bits per heavy atom. The van der Waals surface area contributed by atoms with Gasteiger partial charge in [0.25, 0.3) is 0 Å². The van der Waals surface area contributed by atoms with E-state index in [1.807, 2.05) is 0 Å². The van der Waals surface area contributed by atoms with E-state index >= 15 is 0 Å². The molecule has 0 fully saturated rings. The van der Waals surface area contributed by atoms with E-state index < -0.39 is 17.7 Å². The fraction of sp³-hybridized carbons (Fsp3) is 0.143. The first kappa shape index (κ1) is 14.3. The second-order valence-electron chi connectivity index (χ2n) is 4.18. The molecule has 1 unspecified atom stereocenters. The third kappa shape index (κ3) is 3.24. The SMILES string of the molecule is NC(Cc1c(F)cccc1Cl)c1ccc(F)cc1Cl. The summed E-state index contributed by atoms with van der Waals surface area (Å²) in [5, 5.41) is 0.536. The molecule has 2 rings (SSSR count). The van der Waals surface area contributed by atoms with E-state index in [2.05, 4.69) is 0 Å². The quantitative estimate of drug-likeness (QED) is 0.886. The fourth-order valence-electron chi connectivity index (χ4n) is 1.86. The highest BCUT2D eigenvalue weighted by molar-refractivity contribution is 6.31. The minimum absolute atomic E-state index is 0.191. The first-order valence-corrected chi connectivity index (χ1v) is 6.38. The van der Waals surface area contributed by atoms with E-state index in [4.69, 9.17) is 28.9 Å². The van der Waals surface area contributed by atoms with Crippen LogP contribution in [0.1, 0.15) is 17.2 Å². The molecule has 0 amide bonds. The maximum atomic E-state index is 13.7. The van der Waals surface area contributed by atoms with Gasteiger partial charge in [-0.05, 0) is 36.2 Å². The van der Waals surface area contributed by atoms with Gasteiger partial charge < -0.3 is 5.73 Å². The lowest BCUT2D eigenvalue weighted by atomic mass is 9.99. The van der Waals surface area contributed by atoms with Crippen molar-refractivity contribution >= 4 is 23.2 Å². The molecule has 0 saturated carbocycles. The Balaban J connectivity index is 2.28. The molecule has 2 aromatic rings. The van der Waals surface area contributed by atoms with Crippen molar-refractivity contribution in [1.82, 2.24) is 0 Å². The predicted molar refractivity (Wildman–Crippen MR) is 73.5 cm³/mol. The van der Waals surface area contributed by atoms with Crippen molar-refractivity contribution in [2.24, 2.45) is 5.73 Å². The Hall–Kier alpha value is -1.16. The lowest BCUT2D eigenvalue weighted by Gasteiger charge is -2.15. The highest BCUT2D eigenvalue weighted by atomic mass is 35.5. The monoisotopic (exact) mass is 301 g/mol. The van der Waals surface area contributed by atoms with Crippen molar-refractivity contribution in [2.45, 2.75) is 12.5 Å². The zero-order valence-corrected chi connectivity index (χ0v) is 11.3. The van der Waals surface area contributed by atoms with Crippen LogP contribution in [0.25, 0.3) is 0 Å². The lowest BCUT2D eigenvalue weighted by Crippen LogP contribution is -2.15. The summed E-state index contributed by atoms with van der Waals surface area (Å²) in [6.07, 6.45) is 0.191. The van der Waals surface area contributed by atoms with Crippen LogP contribution in [0.5, 0.6) is 0 Å². The molecule has 0 saturated heterocycles. The first-order chi connectivity index (χ1) is 8.99. The average Bonchev–Trinajstić information content (AvgIpc) is 2.33. The van der Waals surface area contributed by atoms with E-state index in [-0.39, 0.29) is 11.4 Å². The van der Waals surface area contributed by atoms with Crippen molar-refractivity contribution in [3.63, 3.8) is 0 Å². The zero-order valence-electron chi connectivity index (χ0n) is 9.84. The van der Waals surface area contributed by atoms with Crippen LogP contribution in [0.2, 0.25) is 10.0 Å². The summed E-state index contributed by atoms with van der Waals surface area (Å²) in [6.45, 7) is 0. The van der Waals surface area contributed by atoms with Crippen molar-refractivity contribution in [3.05, 3.63) is 69.2 Å². The number of hydrogen-bond acceptors (Lipinski definition) is 1. The van der Waals surface area contributed by atoms with Crippen molar-refractivity contribution in [1.29, 1.82) is 0 Å². The molecule has 0 radical (unpaired) electrons. The summed E-state index contributed by atoms with van der Waals surface area (Å²) in [4.78, 5) is 0. The number of benzene rings is 2. The second kappa shape index (κ2) is 5.87. The van der Waals surface area contributed by atoms with Crippen LogP contribution < -0.4 is 5.73 Å². The van der Waals surface area contributed by atoms with Crippen LogP contribution >= 0.6 is 23.2 Å². The molecule has 0 spiro atoms. The Labute approximate surface area is 119 Å². The normalized spacial score (nSPS) is 12.5. The van der Waals surface area contributed by atoms with Gasteiger partial charge in [-0.3, -0.25) is 0 Å². The van der Waals surface area contributed by atoms with Gasteiger partial charge in [0.1, 0.15) is 11.6 Å². The summed E-state index contributed by atoms with van der Waals surface area (Å²) in [7, 11) is 0. The molecule has 0 heterocycles. The van der Waals surface area contributed by atoms with E-state index in [1.54, 1.807) is 6.07 Å². The molecule has 5 heteroatoms. The molecule has 0 bridgehead atoms. The molecule has 1 atom stereocenters. The van der Waals surface area contributed by atoms with Gasteiger partial charge in [-0.25, -0.2) is 8.78 Å². The van der Waals surface area contributed by atoms with E-state index in [0.29, 0.717) is 16.1 Å². The van der Waals surface area contributed by atoms with Crippen LogP contribution in [-0.4, -0.2) is 0 Å². The average molecular weight is 302 g/mol. The Kier molecular flexibility index (Phi) is 4.40. The number of halogens is 4. The molecule has 19 heavy (non-hydrogen) atoms. The van der Waals surface area contributed by atoms with Crippen LogP contribution in [0.3, 0.4) is 0 Å². The third-order valence-corrected chi connectivity index (χ3v) is 3.53. The molecule has 2 N–H and O–H groups in total. The summed E-state index contributed by atoms with van der Waals surface area (Å²) >= 11 is 11.9. The zero-order chi connectivity index (χ0) is 14.0. The van der Waals surface area contributed by atoms with E-state index in [0.717, 1.165) is 0 Å². The van der Waals surface area contributed by atoms with Gasteiger partial charge in [0.05, 0.1) is 0 Å². The van der Waals surface area contributed by atoms with Gasteiger partial charge in [0.15, 0.2) is 0 Å². The Morgan fingerprint density at radius 3 is 2.42 bits per heavy atom. The molecule has 0 aliphatic rings. The van der Waals surface area contributed by atoms with E-state index in [1.165, 1.54) is 30.3 Å². The lowest BCUT2D eigenvalue weighted by molar-refractivity contribution is 0.592. The van der Waals surface area contributed by atoms with Gasteiger partial charge in [0, 0.05) is 21.7 Å². The molecule has 0 aromatic heterocycles. The van der Waals surface area contributed by atoms with Crippen molar-refractivity contribution < 1.29 is 8.78 Å². The summed E-state index contributed by atoms with van der Waals surface area (Å²) in [5.41, 5.74) is 6.87. The van der Waals surface area contributed by atoms with Crippen LogP contribution in [0, 0.1) is 11.6 Å². The molecular formula is C14H11Cl2F2N. The molecule has 1 nitrogen and oxygen atoms in total. The van der Waals surface area contributed by atoms with Gasteiger partial charge in [0.2, 0.25) is 0 Å². The molecule has 100 valence electrons. The maximum Gasteiger partial charge on any atom is 0.127 e. The molecule has 0 aliphatic carbocycles. The van der Waals surface area contributed by atoms with Gasteiger partial charge in [-0.15, -0.1) is 0 Å². The summed E-state index contributed by atoms with van der Waals surface area (Å²) in [6, 6.07) is 7.83. The van der Waals surface area contributed by atoms with Gasteiger partial charge in [-0.2, -0.15) is 0 Å². The number of nitrogens with two attached hydrogens (primary N) is 1. The highest BCUT2D eigenvalue weighted by Gasteiger charge is 2.15. The Bertz CT molecular complexity index is 582. The van der Waals surface area contributed by atoms with Crippen LogP contribution in [0.15, 0.2) is 36.4 Å². The van der Waals surface area contributed by atoms with Crippen molar-refractivity contribution in [3.8, 4) is 0 Å². The number of rotatable bonds is 3. The summed E-state index contributed by atoms with van der Waals surface area (Å²) in [5.74, 6) is -0.856. The molecular weight excluding hydrogens is 291 g/mol. The fourth-order valence-corrected chi connectivity index (χ4v) is 2.41. The van der Waals surface area contributed by atoms with Gasteiger partial charge in [-0.1, -0.05) is 35.3 Å². The number of hydrogen-bond donors (Lipinski definition) is 1. The maximum absolute atomic E-state index is 13.7. The van der Waals surface area contributed by atoms with Crippen molar-refractivity contribution in [2.75, 3.05) is 0 Å².